The lowest BCUT2D eigenvalue weighted by Gasteiger charge is -2.30. The smallest absolute Gasteiger partial charge is 0.259 e. The summed E-state index contributed by atoms with van der Waals surface area (Å²) >= 11 is 0. The number of piperidine rings is 1. The molecule has 4 N–H and O–H groups in total. The summed E-state index contributed by atoms with van der Waals surface area (Å²) in [6.07, 6.45) is 6.69. The minimum atomic E-state index is -0.198. The number of rotatable bonds is 7. The van der Waals surface area contributed by atoms with Crippen molar-refractivity contribution in [1.82, 2.24) is 25.6 Å². The lowest BCUT2D eigenvalue weighted by atomic mass is 10.0. The van der Waals surface area contributed by atoms with Gasteiger partial charge in [-0.2, -0.15) is 5.10 Å². The molecular weight excluding hydrogens is 442 g/mol. The summed E-state index contributed by atoms with van der Waals surface area (Å²) in [7, 11) is 0. The number of hydrogen-bond acceptors (Lipinski definition) is 7. The van der Waals surface area contributed by atoms with Gasteiger partial charge in [-0.25, -0.2) is 4.98 Å². The second-order valence-corrected chi connectivity index (χ2v) is 9.10. The first-order valence-corrected chi connectivity index (χ1v) is 12.3. The first-order valence-electron chi connectivity index (χ1n) is 12.3. The Kier molecular flexibility index (Phi) is 6.76. The van der Waals surface area contributed by atoms with Crippen molar-refractivity contribution in [2.24, 2.45) is 5.10 Å². The number of nitrogens with zero attached hydrogens (tertiary/aromatic N) is 3. The van der Waals surface area contributed by atoms with E-state index in [-0.39, 0.29) is 17.4 Å². The van der Waals surface area contributed by atoms with Gasteiger partial charge in [0.15, 0.2) is 0 Å². The summed E-state index contributed by atoms with van der Waals surface area (Å²) in [6.45, 7) is 5.48. The summed E-state index contributed by atoms with van der Waals surface area (Å²) in [5, 5.41) is 17.8. The highest BCUT2D eigenvalue weighted by Crippen LogP contribution is 2.29. The first kappa shape index (κ1) is 23.0. The standard InChI is InChI=1S/C26H31N7O2/c1-2-10-28-25(34)17-3-5-20(6-4-17)31-24-23-18(7-13-29-26(23)35)14-22(32-24)19-15-30-33(16-19)21-8-11-27-12-9-21/h3-7,13-15,19,21,27H,2,8-12,16H2,1H3,(H,28,34)(H,29,35)(H,31,32). The molecular formula is C26H31N7O2. The summed E-state index contributed by atoms with van der Waals surface area (Å²) in [4.78, 5) is 32.5. The van der Waals surface area contributed by atoms with Crippen LogP contribution in [-0.4, -0.2) is 59.3 Å². The molecule has 1 amide bonds. The van der Waals surface area contributed by atoms with Gasteiger partial charge in [0, 0.05) is 42.8 Å². The number of hydrazone groups is 1. The first-order chi connectivity index (χ1) is 17.1. The average Bonchev–Trinajstić information content (AvgIpc) is 3.39. The topological polar surface area (TPSA) is 115 Å². The summed E-state index contributed by atoms with van der Waals surface area (Å²) in [5.74, 6) is 0.453. The number of aromatic nitrogens is 2. The van der Waals surface area contributed by atoms with Gasteiger partial charge in [0.25, 0.3) is 11.5 Å². The number of fused-ring (bicyclic) bond motifs is 1. The lowest BCUT2D eigenvalue weighted by molar-refractivity contribution is 0.0953. The fraction of sp³-hybridized carbons (Fsp3) is 0.385. The van der Waals surface area contributed by atoms with Crippen LogP contribution in [0.2, 0.25) is 0 Å². The van der Waals surface area contributed by atoms with Crippen molar-refractivity contribution in [3.8, 4) is 0 Å². The average molecular weight is 474 g/mol. The number of hydrogen-bond donors (Lipinski definition) is 4. The van der Waals surface area contributed by atoms with E-state index in [0.717, 1.165) is 55.7 Å². The van der Waals surface area contributed by atoms with Crippen molar-refractivity contribution in [3.63, 3.8) is 0 Å². The Hall–Kier alpha value is -3.72. The minimum Gasteiger partial charge on any atom is -0.352 e. The molecule has 1 unspecified atom stereocenters. The van der Waals surface area contributed by atoms with Crippen molar-refractivity contribution in [1.29, 1.82) is 0 Å². The molecule has 9 heteroatoms. The highest BCUT2D eigenvalue weighted by Gasteiger charge is 2.28. The summed E-state index contributed by atoms with van der Waals surface area (Å²) in [6, 6.07) is 11.5. The van der Waals surface area contributed by atoms with Crippen molar-refractivity contribution >= 4 is 34.4 Å². The summed E-state index contributed by atoms with van der Waals surface area (Å²) in [5.41, 5.74) is 2.02. The van der Waals surface area contributed by atoms with E-state index in [1.807, 2.05) is 37.4 Å². The van der Waals surface area contributed by atoms with Gasteiger partial charge < -0.3 is 20.9 Å². The molecule has 5 rings (SSSR count). The number of amides is 1. The molecule has 1 fully saturated rings. The minimum absolute atomic E-state index is 0.0544. The fourth-order valence-electron chi connectivity index (χ4n) is 4.68. The van der Waals surface area contributed by atoms with E-state index in [9.17, 15) is 9.59 Å². The van der Waals surface area contributed by atoms with Crippen LogP contribution in [0.3, 0.4) is 0 Å². The highest BCUT2D eigenvalue weighted by molar-refractivity contribution is 5.95. The van der Waals surface area contributed by atoms with Crippen molar-refractivity contribution < 1.29 is 4.79 Å². The maximum atomic E-state index is 12.7. The van der Waals surface area contributed by atoms with Gasteiger partial charge in [0.2, 0.25) is 0 Å². The van der Waals surface area contributed by atoms with Crippen LogP contribution < -0.4 is 21.5 Å². The van der Waals surface area contributed by atoms with E-state index in [0.29, 0.717) is 29.4 Å². The van der Waals surface area contributed by atoms with Crippen LogP contribution in [0.1, 0.15) is 48.2 Å². The molecule has 1 aromatic carbocycles. The SMILES string of the molecule is CCCNC(=O)c1ccc(Nc2nc(C3C=NN(C4CCNCC4)C3)cc3cc[nH]c(=O)c23)cc1. The molecule has 182 valence electrons. The van der Waals surface area contributed by atoms with E-state index >= 15 is 0 Å². The largest absolute Gasteiger partial charge is 0.352 e. The molecule has 35 heavy (non-hydrogen) atoms. The number of aromatic amines is 1. The monoisotopic (exact) mass is 473 g/mol. The third-order valence-corrected chi connectivity index (χ3v) is 6.61. The van der Waals surface area contributed by atoms with Gasteiger partial charge in [-0.05, 0) is 74.1 Å². The van der Waals surface area contributed by atoms with Crippen LogP contribution in [0.15, 0.2) is 52.5 Å². The van der Waals surface area contributed by atoms with Crippen LogP contribution in [-0.2, 0) is 0 Å². The van der Waals surface area contributed by atoms with E-state index < -0.39 is 0 Å². The van der Waals surface area contributed by atoms with Gasteiger partial charge >= 0.3 is 0 Å². The molecule has 9 nitrogen and oxygen atoms in total. The Morgan fingerprint density at radius 3 is 2.74 bits per heavy atom. The number of carbonyl (C=O) groups is 1. The fourth-order valence-corrected chi connectivity index (χ4v) is 4.68. The van der Waals surface area contributed by atoms with E-state index in [4.69, 9.17) is 10.1 Å². The van der Waals surface area contributed by atoms with Crippen LogP contribution in [0.5, 0.6) is 0 Å². The molecule has 0 spiro atoms. The molecule has 3 aromatic rings. The zero-order valence-corrected chi connectivity index (χ0v) is 19.9. The van der Waals surface area contributed by atoms with E-state index in [2.05, 4.69) is 25.9 Å². The van der Waals surface area contributed by atoms with Crippen LogP contribution in [0.25, 0.3) is 10.8 Å². The maximum absolute atomic E-state index is 12.7. The van der Waals surface area contributed by atoms with Gasteiger partial charge in [-0.15, -0.1) is 0 Å². The third kappa shape index (κ3) is 5.05. The predicted molar refractivity (Wildman–Crippen MR) is 139 cm³/mol. The van der Waals surface area contributed by atoms with Crippen LogP contribution >= 0.6 is 0 Å². The zero-order valence-electron chi connectivity index (χ0n) is 19.9. The Bertz CT molecular complexity index is 1280. The quantitative estimate of drug-likeness (QED) is 0.420. The molecule has 0 bridgehead atoms. The molecule has 2 aromatic heterocycles. The number of anilines is 2. The molecule has 1 saturated heterocycles. The predicted octanol–water partition coefficient (Wildman–Crippen LogP) is 2.94. The van der Waals surface area contributed by atoms with Gasteiger partial charge in [-0.1, -0.05) is 6.92 Å². The van der Waals surface area contributed by atoms with E-state index in [1.54, 1.807) is 18.3 Å². The molecule has 0 aliphatic carbocycles. The zero-order chi connectivity index (χ0) is 24.2. The molecule has 2 aliphatic heterocycles. The lowest BCUT2D eigenvalue weighted by Crippen LogP contribution is -2.40. The molecule has 0 saturated carbocycles. The van der Waals surface area contributed by atoms with E-state index in [1.165, 1.54) is 0 Å². The van der Waals surface area contributed by atoms with Crippen LogP contribution in [0, 0.1) is 0 Å². The van der Waals surface area contributed by atoms with Crippen molar-refractivity contribution in [2.75, 3.05) is 31.5 Å². The van der Waals surface area contributed by atoms with Crippen LogP contribution in [0.4, 0.5) is 11.5 Å². The Labute approximate surface area is 204 Å². The van der Waals surface area contributed by atoms with Gasteiger partial charge in [-0.3, -0.25) is 14.6 Å². The number of pyridine rings is 2. The molecule has 1 atom stereocenters. The van der Waals surface area contributed by atoms with Crippen molar-refractivity contribution in [2.45, 2.75) is 38.1 Å². The number of carbonyl (C=O) groups excluding carboxylic acids is 1. The highest BCUT2D eigenvalue weighted by atomic mass is 16.1. The number of benzene rings is 1. The molecule has 0 radical (unpaired) electrons. The van der Waals surface area contributed by atoms with Crippen molar-refractivity contribution in [3.05, 3.63) is 64.2 Å². The summed E-state index contributed by atoms with van der Waals surface area (Å²) < 4.78 is 0. The Balaban J connectivity index is 1.40. The normalized spacial score (nSPS) is 18.2. The molecule has 4 heterocycles. The molecule has 2 aliphatic rings. The third-order valence-electron chi connectivity index (χ3n) is 6.61. The maximum Gasteiger partial charge on any atom is 0.259 e. The van der Waals surface area contributed by atoms with Gasteiger partial charge in [0.05, 0.1) is 17.0 Å². The number of H-pyrrole nitrogens is 1. The second-order valence-electron chi connectivity index (χ2n) is 9.10. The second kappa shape index (κ2) is 10.3. The Morgan fingerprint density at radius 1 is 1.17 bits per heavy atom. The number of nitrogens with one attached hydrogen (secondary N) is 4. The van der Waals surface area contributed by atoms with Gasteiger partial charge in [0.1, 0.15) is 5.82 Å². The Morgan fingerprint density at radius 2 is 1.97 bits per heavy atom.